The van der Waals surface area contributed by atoms with Gasteiger partial charge in [0.1, 0.15) is 11.6 Å². The van der Waals surface area contributed by atoms with Gasteiger partial charge in [-0.05, 0) is 49.2 Å². The van der Waals surface area contributed by atoms with Crippen molar-refractivity contribution in [3.8, 4) is 11.4 Å². The first-order chi connectivity index (χ1) is 14.2. The van der Waals surface area contributed by atoms with Crippen LogP contribution in [0.3, 0.4) is 0 Å². The quantitative estimate of drug-likeness (QED) is 0.585. The molecule has 0 spiro atoms. The summed E-state index contributed by atoms with van der Waals surface area (Å²) in [5.74, 6) is 2.25. The predicted octanol–water partition coefficient (Wildman–Crippen LogP) is 4.93. The molecule has 1 aliphatic rings. The smallest absolute Gasteiger partial charge is 0.225 e. The highest BCUT2D eigenvalue weighted by molar-refractivity contribution is 7.99. The molecule has 1 aliphatic heterocycles. The molecule has 2 heterocycles. The molecule has 29 heavy (non-hydrogen) atoms. The Hall–Kier alpha value is -2.67. The molecule has 4 rings (SSSR count). The molecule has 0 bridgehead atoms. The van der Waals surface area contributed by atoms with Crippen LogP contribution in [0.5, 0.6) is 0 Å². The summed E-state index contributed by atoms with van der Waals surface area (Å²) in [5.41, 5.74) is 1.72. The van der Waals surface area contributed by atoms with Gasteiger partial charge < -0.3 is 9.88 Å². The Morgan fingerprint density at radius 2 is 1.97 bits per heavy atom. The second-order valence-corrected chi connectivity index (χ2v) is 8.25. The van der Waals surface area contributed by atoms with Crippen molar-refractivity contribution in [1.29, 1.82) is 0 Å². The minimum Gasteiger partial charge on any atom is -0.326 e. The number of aryl methyl sites for hydroxylation is 1. The molecule has 0 fully saturated rings. The van der Waals surface area contributed by atoms with Crippen LogP contribution < -0.4 is 5.32 Å². The maximum absolute atomic E-state index is 12.9. The van der Waals surface area contributed by atoms with E-state index in [1.807, 2.05) is 24.3 Å². The number of carbonyl (C=O) groups is 1. The van der Waals surface area contributed by atoms with Gasteiger partial charge in [-0.1, -0.05) is 18.6 Å². The van der Waals surface area contributed by atoms with Crippen molar-refractivity contribution in [2.24, 2.45) is 0 Å². The lowest BCUT2D eigenvalue weighted by Gasteiger charge is -2.09. The first-order valence-corrected chi connectivity index (χ1v) is 10.9. The number of benzene rings is 2. The molecule has 0 unspecified atom stereocenters. The van der Waals surface area contributed by atoms with E-state index in [4.69, 9.17) is 0 Å². The van der Waals surface area contributed by atoms with E-state index in [1.54, 1.807) is 12.1 Å². The lowest BCUT2D eigenvalue weighted by atomic mass is 10.2. The number of halogens is 1. The molecule has 150 valence electrons. The number of hydrogen-bond donors (Lipinski definition) is 1. The van der Waals surface area contributed by atoms with Gasteiger partial charge in [0, 0.05) is 41.3 Å². The second-order valence-electron chi connectivity index (χ2n) is 7.08. The summed E-state index contributed by atoms with van der Waals surface area (Å²) in [6.45, 7) is 0.939. The predicted molar refractivity (Wildman–Crippen MR) is 113 cm³/mol. The molecule has 3 aromatic rings. The molecule has 0 atom stereocenters. The third kappa shape index (κ3) is 5.03. The number of nitrogens with one attached hydrogen (secondary N) is 1. The van der Waals surface area contributed by atoms with Gasteiger partial charge in [-0.15, -0.1) is 22.0 Å². The first kappa shape index (κ1) is 19.6. The highest BCUT2D eigenvalue weighted by Crippen LogP contribution is 2.25. The number of anilines is 1. The van der Waals surface area contributed by atoms with Gasteiger partial charge in [0.05, 0.1) is 0 Å². The Kier molecular flexibility index (Phi) is 6.24. The van der Waals surface area contributed by atoms with E-state index < -0.39 is 0 Å². The molecular formula is C22H23FN4OS. The fourth-order valence-corrected chi connectivity index (χ4v) is 4.30. The summed E-state index contributed by atoms with van der Waals surface area (Å²) in [6, 6.07) is 14.1. The van der Waals surface area contributed by atoms with Gasteiger partial charge in [0.25, 0.3) is 0 Å². The zero-order chi connectivity index (χ0) is 20.1. The van der Waals surface area contributed by atoms with Crippen molar-refractivity contribution in [1.82, 2.24) is 14.8 Å². The third-order valence-corrected chi connectivity index (χ3v) is 5.94. The minimum atomic E-state index is -0.253. The number of thioether (sulfide) groups is 1. The molecule has 7 heteroatoms. The Balaban J connectivity index is 1.37. The van der Waals surface area contributed by atoms with Gasteiger partial charge in [-0.3, -0.25) is 4.79 Å². The maximum atomic E-state index is 12.9. The van der Waals surface area contributed by atoms with E-state index in [-0.39, 0.29) is 11.7 Å². The zero-order valence-electron chi connectivity index (χ0n) is 16.1. The Morgan fingerprint density at radius 3 is 2.83 bits per heavy atom. The monoisotopic (exact) mass is 410 g/mol. The molecule has 5 nitrogen and oxygen atoms in total. The summed E-state index contributed by atoms with van der Waals surface area (Å²) in [7, 11) is 0. The SMILES string of the molecule is O=C(CCSc1ccc(F)cc1)Nc1cccc(-c2nnc3n2CCCCC3)c1. The second kappa shape index (κ2) is 9.22. The van der Waals surface area contributed by atoms with Gasteiger partial charge >= 0.3 is 0 Å². The van der Waals surface area contributed by atoms with E-state index in [2.05, 4.69) is 20.1 Å². The number of rotatable bonds is 6. The molecule has 0 saturated carbocycles. The molecule has 0 aliphatic carbocycles. The van der Waals surface area contributed by atoms with Crippen molar-refractivity contribution in [3.05, 3.63) is 60.2 Å². The average Bonchev–Trinajstić information content (AvgIpc) is 2.98. The summed E-state index contributed by atoms with van der Waals surface area (Å²) in [6.07, 6.45) is 4.86. The number of carbonyl (C=O) groups excluding carboxylic acids is 1. The van der Waals surface area contributed by atoms with Crippen LogP contribution in [0.15, 0.2) is 53.4 Å². The molecule has 0 radical (unpaired) electrons. The summed E-state index contributed by atoms with van der Waals surface area (Å²) in [4.78, 5) is 13.3. The van der Waals surface area contributed by atoms with Crippen LogP contribution >= 0.6 is 11.8 Å². The lowest BCUT2D eigenvalue weighted by Crippen LogP contribution is -2.12. The zero-order valence-corrected chi connectivity index (χ0v) is 16.9. The standard InChI is InChI=1S/C22H23FN4OS/c23-17-8-10-19(11-9-17)29-14-12-21(28)24-18-6-4-5-16(15-18)22-26-25-20-7-2-1-3-13-27(20)22/h4-6,8-11,15H,1-3,7,12-14H2,(H,24,28). The maximum Gasteiger partial charge on any atom is 0.225 e. The van der Waals surface area contributed by atoms with Crippen LogP contribution in [0, 0.1) is 5.82 Å². The van der Waals surface area contributed by atoms with Crippen LogP contribution in [0.1, 0.15) is 31.5 Å². The van der Waals surface area contributed by atoms with E-state index in [9.17, 15) is 9.18 Å². The van der Waals surface area contributed by atoms with Crippen LogP contribution in [-0.4, -0.2) is 26.4 Å². The Morgan fingerprint density at radius 1 is 1.10 bits per heavy atom. The third-order valence-electron chi connectivity index (χ3n) is 4.93. The average molecular weight is 411 g/mol. The van der Waals surface area contributed by atoms with Gasteiger partial charge in [-0.25, -0.2) is 4.39 Å². The largest absolute Gasteiger partial charge is 0.326 e. The fourth-order valence-electron chi connectivity index (χ4n) is 3.45. The normalized spacial score (nSPS) is 13.6. The molecule has 1 N–H and O–H groups in total. The summed E-state index contributed by atoms with van der Waals surface area (Å²) < 4.78 is 15.1. The minimum absolute atomic E-state index is 0.0446. The van der Waals surface area contributed by atoms with E-state index in [1.165, 1.54) is 30.3 Å². The van der Waals surface area contributed by atoms with Gasteiger partial charge in [0.15, 0.2) is 5.82 Å². The number of amides is 1. The molecule has 0 saturated heterocycles. The van der Waals surface area contributed by atoms with Crippen molar-refractivity contribution in [3.63, 3.8) is 0 Å². The number of nitrogens with zero attached hydrogens (tertiary/aromatic N) is 3. The molecule has 2 aromatic carbocycles. The Labute approximate surface area is 173 Å². The van der Waals surface area contributed by atoms with Crippen LogP contribution in [0.25, 0.3) is 11.4 Å². The Bertz CT molecular complexity index is 987. The van der Waals surface area contributed by atoms with Crippen molar-refractivity contribution >= 4 is 23.4 Å². The summed E-state index contributed by atoms with van der Waals surface area (Å²) in [5, 5.41) is 11.7. The van der Waals surface area contributed by atoms with Crippen LogP contribution in [-0.2, 0) is 17.8 Å². The fraction of sp³-hybridized carbons (Fsp3) is 0.318. The first-order valence-electron chi connectivity index (χ1n) is 9.90. The summed E-state index contributed by atoms with van der Waals surface area (Å²) >= 11 is 1.54. The lowest BCUT2D eigenvalue weighted by molar-refractivity contribution is -0.115. The van der Waals surface area contributed by atoms with E-state index in [0.717, 1.165) is 53.6 Å². The topological polar surface area (TPSA) is 59.8 Å². The van der Waals surface area contributed by atoms with E-state index >= 15 is 0 Å². The van der Waals surface area contributed by atoms with Crippen molar-refractivity contribution < 1.29 is 9.18 Å². The van der Waals surface area contributed by atoms with Crippen LogP contribution in [0.2, 0.25) is 0 Å². The number of fused-ring (bicyclic) bond motifs is 1. The highest BCUT2D eigenvalue weighted by atomic mass is 32.2. The molecule has 1 aromatic heterocycles. The molecule has 1 amide bonds. The van der Waals surface area contributed by atoms with Crippen molar-refractivity contribution in [2.45, 2.75) is 43.5 Å². The van der Waals surface area contributed by atoms with Gasteiger partial charge in [0.2, 0.25) is 5.91 Å². The highest BCUT2D eigenvalue weighted by Gasteiger charge is 2.16. The molecular weight excluding hydrogens is 387 g/mol. The van der Waals surface area contributed by atoms with Gasteiger partial charge in [-0.2, -0.15) is 0 Å². The number of hydrogen-bond acceptors (Lipinski definition) is 4. The number of aromatic nitrogens is 3. The van der Waals surface area contributed by atoms with Crippen LogP contribution in [0.4, 0.5) is 10.1 Å². The van der Waals surface area contributed by atoms with Crippen molar-refractivity contribution in [2.75, 3.05) is 11.1 Å². The van der Waals surface area contributed by atoms with E-state index in [0.29, 0.717) is 12.2 Å².